The van der Waals surface area contributed by atoms with Crippen LogP contribution in [0.3, 0.4) is 0 Å². The van der Waals surface area contributed by atoms with Gasteiger partial charge in [-0.15, -0.1) is 6.42 Å². The van der Waals surface area contributed by atoms with Gasteiger partial charge < -0.3 is 15.5 Å². The second-order valence-electron chi connectivity index (χ2n) is 3.48. The van der Waals surface area contributed by atoms with Crippen molar-refractivity contribution in [2.24, 2.45) is 5.73 Å². The summed E-state index contributed by atoms with van der Waals surface area (Å²) in [7, 11) is 4.02. The summed E-state index contributed by atoms with van der Waals surface area (Å²) < 4.78 is 0. The predicted octanol–water partition coefficient (Wildman–Crippen LogP) is 0.233. The molecule has 14 heavy (non-hydrogen) atoms. The van der Waals surface area contributed by atoms with Crippen molar-refractivity contribution in [3.8, 4) is 0 Å². The van der Waals surface area contributed by atoms with Gasteiger partial charge in [0.05, 0.1) is 0 Å². The van der Waals surface area contributed by atoms with Crippen LogP contribution in [0.2, 0.25) is 0 Å². The molecule has 0 aliphatic carbocycles. The van der Waals surface area contributed by atoms with Crippen molar-refractivity contribution in [1.82, 2.24) is 9.80 Å². The molecule has 5 heteroatoms. The van der Waals surface area contributed by atoms with E-state index in [1.807, 2.05) is 23.9 Å². The second kappa shape index (κ2) is 6.54. The van der Waals surface area contributed by atoms with Gasteiger partial charge in [-0.3, -0.25) is 12.0 Å². The molecule has 77 valence electrons. The van der Waals surface area contributed by atoms with Gasteiger partial charge in [-0.25, -0.2) is 0 Å². The monoisotopic (exact) mass is 270 g/mol. The minimum atomic E-state index is 0. The van der Waals surface area contributed by atoms with Crippen LogP contribution in [0.15, 0.2) is 11.6 Å². The summed E-state index contributed by atoms with van der Waals surface area (Å²) >= 11 is 0. The summed E-state index contributed by atoms with van der Waals surface area (Å²) in [6, 6.07) is 0. The van der Waals surface area contributed by atoms with Crippen LogP contribution >= 0.6 is 0 Å². The van der Waals surface area contributed by atoms with Crippen molar-refractivity contribution in [1.29, 1.82) is 5.41 Å². The third-order valence-electron chi connectivity index (χ3n) is 2.05. The first kappa shape index (κ1) is 14.1. The summed E-state index contributed by atoms with van der Waals surface area (Å²) in [6.07, 6.45) is 3.10. The largest absolute Gasteiger partial charge is 0.461 e. The Balaban J connectivity index is 0.00000169. The van der Waals surface area contributed by atoms with E-state index < -0.39 is 0 Å². The van der Waals surface area contributed by atoms with Crippen molar-refractivity contribution in [2.45, 2.75) is 6.42 Å². The van der Waals surface area contributed by atoms with Crippen LogP contribution in [0.1, 0.15) is 6.42 Å². The molecule has 0 aromatic heterocycles. The molecule has 0 aromatic carbocycles. The zero-order chi connectivity index (χ0) is 9.84. The molecule has 0 fully saturated rings. The zero-order valence-corrected chi connectivity index (χ0v) is 11.7. The van der Waals surface area contributed by atoms with Gasteiger partial charge in [0.1, 0.15) is 0 Å². The van der Waals surface area contributed by atoms with Gasteiger partial charge in [0, 0.05) is 45.8 Å². The van der Waals surface area contributed by atoms with Crippen LogP contribution in [0.4, 0.5) is 0 Å². The van der Waals surface area contributed by atoms with Gasteiger partial charge in [-0.1, -0.05) is 11.6 Å². The zero-order valence-electron chi connectivity index (χ0n) is 8.83. The van der Waals surface area contributed by atoms with Crippen LogP contribution < -0.4 is 5.73 Å². The van der Waals surface area contributed by atoms with Crippen LogP contribution in [0.25, 0.3) is 0 Å². The average molecular weight is 270 g/mol. The van der Waals surface area contributed by atoms with Crippen molar-refractivity contribution in [3.63, 3.8) is 0 Å². The van der Waals surface area contributed by atoms with Gasteiger partial charge in [0.2, 0.25) is 0 Å². The van der Waals surface area contributed by atoms with Crippen LogP contribution in [0.5, 0.6) is 0 Å². The molecule has 0 saturated carbocycles. The van der Waals surface area contributed by atoms with Crippen molar-refractivity contribution < 1.29 is 32.7 Å². The summed E-state index contributed by atoms with van der Waals surface area (Å²) in [6.45, 7) is 3.71. The Bertz CT molecular complexity index is 225. The maximum atomic E-state index is 7.25. The molecule has 0 unspecified atom stereocenters. The molecule has 4 nitrogen and oxygen atoms in total. The average Bonchev–Trinajstić information content (AvgIpc) is 2.48. The predicted molar refractivity (Wildman–Crippen MR) is 54.2 cm³/mol. The fourth-order valence-electron chi connectivity index (χ4n) is 1.24. The third-order valence-corrected chi connectivity index (χ3v) is 2.05. The van der Waals surface area contributed by atoms with E-state index in [4.69, 9.17) is 11.1 Å². The number of hydrogen-bond donors (Lipinski definition) is 2. The maximum absolute atomic E-state index is 7.25. The first-order valence-electron chi connectivity index (χ1n) is 4.36. The van der Waals surface area contributed by atoms with Gasteiger partial charge in [0.25, 0.3) is 0 Å². The molecule has 1 rings (SSSR count). The number of guanidine groups is 1. The first-order chi connectivity index (χ1) is 6.09. The summed E-state index contributed by atoms with van der Waals surface area (Å²) in [5.74, 6) is 0.163. The molecular weight excluding hydrogens is 253 g/mol. The molecule has 1 radical (unpaired) electrons. The molecule has 0 spiro atoms. The molecule has 1 heterocycles. The Morgan fingerprint density at radius 2 is 2.36 bits per heavy atom. The van der Waals surface area contributed by atoms with Gasteiger partial charge in [-0.2, -0.15) is 0 Å². The van der Waals surface area contributed by atoms with E-state index in [1.54, 1.807) is 0 Å². The van der Waals surface area contributed by atoms with Crippen molar-refractivity contribution >= 4 is 5.96 Å². The molecule has 0 atom stereocenters. The van der Waals surface area contributed by atoms with E-state index in [2.05, 4.69) is 12.6 Å². The van der Waals surface area contributed by atoms with Gasteiger partial charge in [-0.05, 0) is 14.1 Å². The number of nitrogens with one attached hydrogen (secondary N) is 1. The van der Waals surface area contributed by atoms with E-state index in [1.165, 1.54) is 5.57 Å². The Labute approximate surface area is 111 Å². The van der Waals surface area contributed by atoms with Gasteiger partial charge >= 0.3 is 0 Å². The molecule has 1 aliphatic rings. The van der Waals surface area contributed by atoms with E-state index >= 15 is 0 Å². The maximum Gasteiger partial charge on any atom is 0.188 e. The molecular formula is C9H17N4Y-. The smallest absolute Gasteiger partial charge is 0.188 e. The molecule has 1 aliphatic heterocycles. The van der Waals surface area contributed by atoms with Crippen LogP contribution in [-0.2, 0) is 32.7 Å². The van der Waals surface area contributed by atoms with E-state index in [0.29, 0.717) is 0 Å². The molecule has 0 amide bonds. The first-order valence-corrected chi connectivity index (χ1v) is 4.36. The standard InChI is InChI=1S/C9H17N4.Y/c1-12(2)5-3-8-4-6-13(7-8)9(10)11;/h4-5H,3,6-7H2,1-2H3,(H3,10,11);/q-1;. The number of rotatable bonds is 3. The third kappa shape index (κ3) is 4.53. The fraction of sp³-hybridized carbons (Fsp3) is 0.556. The van der Waals surface area contributed by atoms with Crippen LogP contribution in [0, 0.1) is 12.0 Å². The number of nitrogens with zero attached hydrogens (tertiary/aromatic N) is 2. The van der Waals surface area contributed by atoms with Crippen molar-refractivity contribution in [3.05, 3.63) is 18.2 Å². The van der Waals surface area contributed by atoms with Gasteiger partial charge in [0.15, 0.2) is 5.96 Å². The fourth-order valence-corrected chi connectivity index (χ4v) is 1.24. The summed E-state index contributed by atoms with van der Waals surface area (Å²) in [5.41, 5.74) is 6.71. The van der Waals surface area contributed by atoms with E-state index in [0.717, 1.165) is 19.5 Å². The number of hydrogen-bond acceptors (Lipinski definition) is 2. The minimum Gasteiger partial charge on any atom is -0.461 e. The normalized spacial score (nSPS) is 15.4. The minimum absolute atomic E-state index is 0. The van der Waals surface area contributed by atoms with E-state index in [9.17, 15) is 0 Å². The Kier molecular flexibility index (Phi) is 6.57. The SMILES string of the molecule is CN(C)[CH-]CC1=CCN(C(=N)N)C1.[Y]. The topological polar surface area (TPSA) is 56.4 Å². The quantitative estimate of drug-likeness (QED) is 0.334. The Morgan fingerprint density at radius 1 is 1.71 bits per heavy atom. The summed E-state index contributed by atoms with van der Waals surface area (Å²) in [5, 5.41) is 7.25. The van der Waals surface area contributed by atoms with Crippen molar-refractivity contribution in [2.75, 3.05) is 27.2 Å². The second-order valence-corrected chi connectivity index (χ2v) is 3.48. The van der Waals surface area contributed by atoms with Crippen LogP contribution in [-0.4, -0.2) is 42.9 Å². The molecule has 3 N–H and O–H groups in total. The number of nitrogens with two attached hydrogens (primary N) is 1. The summed E-state index contributed by atoms with van der Waals surface area (Å²) in [4.78, 5) is 3.89. The molecule has 0 aromatic rings. The molecule has 0 saturated heterocycles. The molecule has 0 bridgehead atoms. The Hall–Kier alpha value is 0.0739. The van der Waals surface area contributed by atoms with E-state index in [-0.39, 0.29) is 38.7 Å². The Morgan fingerprint density at radius 3 is 2.79 bits per heavy atom.